The summed E-state index contributed by atoms with van der Waals surface area (Å²) >= 11 is 5.89. The number of nitrogen functional groups attached to an aromatic ring is 1. The average Bonchev–Trinajstić information content (AvgIpc) is 2.30. The lowest BCUT2D eigenvalue weighted by atomic mass is 9.84. The van der Waals surface area contributed by atoms with Gasteiger partial charge in [-0.1, -0.05) is 25.4 Å². The monoisotopic (exact) mass is 267 g/mol. The highest BCUT2D eigenvalue weighted by molar-refractivity contribution is 6.33. The van der Waals surface area contributed by atoms with Crippen LogP contribution < -0.4 is 5.73 Å². The van der Waals surface area contributed by atoms with E-state index >= 15 is 0 Å². The molecule has 0 radical (unpaired) electrons. The molecule has 0 aromatic carbocycles. The summed E-state index contributed by atoms with van der Waals surface area (Å²) in [6, 6.07) is 1.59. The van der Waals surface area contributed by atoms with E-state index in [0.717, 1.165) is 25.9 Å². The number of anilines is 1. The quantitative estimate of drug-likeness (QED) is 0.851. The van der Waals surface area contributed by atoms with Gasteiger partial charge in [0.25, 0.3) is 5.91 Å². The van der Waals surface area contributed by atoms with Crippen LogP contribution in [-0.4, -0.2) is 28.9 Å². The second kappa shape index (κ2) is 4.76. The van der Waals surface area contributed by atoms with Gasteiger partial charge in [0, 0.05) is 19.3 Å². The predicted molar refractivity (Wildman–Crippen MR) is 72.6 cm³/mol. The number of hydrogen-bond donors (Lipinski definition) is 1. The second-order valence-electron chi connectivity index (χ2n) is 5.59. The average molecular weight is 268 g/mol. The minimum Gasteiger partial charge on any atom is -0.382 e. The van der Waals surface area contributed by atoms with Crippen molar-refractivity contribution in [3.05, 3.63) is 22.8 Å². The van der Waals surface area contributed by atoms with Crippen molar-refractivity contribution in [2.75, 3.05) is 18.8 Å². The Morgan fingerprint density at radius 1 is 1.56 bits per heavy atom. The standard InChI is InChI=1S/C13H18ClN3O/c1-13(2)4-3-5-17(8-13)12(18)9-6-10(14)11(15)16-7-9/h6-7H,3-5,8H2,1-2H3,(H2,15,16). The summed E-state index contributed by atoms with van der Waals surface area (Å²) in [4.78, 5) is 18.1. The van der Waals surface area contributed by atoms with Gasteiger partial charge in [-0.2, -0.15) is 0 Å². The summed E-state index contributed by atoms with van der Waals surface area (Å²) in [7, 11) is 0. The van der Waals surface area contributed by atoms with E-state index in [4.69, 9.17) is 17.3 Å². The van der Waals surface area contributed by atoms with Crippen LogP contribution in [0.2, 0.25) is 5.02 Å². The van der Waals surface area contributed by atoms with E-state index in [9.17, 15) is 4.79 Å². The normalized spacial score (nSPS) is 18.7. The first kappa shape index (κ1) is 13.1. The number of nitrogens with zero attached hydrogens (tertiary/aromatic N) is 2. The van der Waals surface area contributed by atoms with Crippen LogP contribution in [0.4, 0.5) is 5.82 Å². The van der Waals surface area contributed by atoms with E-state index in [1.165, 1.54) is 6.20 Å². The number of amides is 1. The van der Waals surface area contributed by atoms with Gasteiger partial charge in [-0.05, 0) is 24.3 Å². The van der Waals surface area contributed by atoms with Crippen molar-refractivity contribution in [1.29, 1.82) is 0 Å². The summed E-state index contributed by atoms with van der Waals surface area (Å²) in [5.74, 6) is 0.240. The summed E-state index contributed by atoms with van der Waals surface area (Å²) in [5.41, 5.74) is 6.23. The van der Waals surface area contributed by atoms with E-state index in [2.05, 4.69) is 18.8 Å². The lowest BCUT2D eigenvalue weighted by molar-refractivity contribution is 0.0583. The van der Waals surface area contributed by atoms with Crippen molar-refractivity contribution < 1.29 is 4.79 Å². The predicted octanol–water partition coefficient (Wildman–Crippen LogP) is 2.58. The zero-order valence-corrected chi connectivity index (χ0v) is 11.5. The molecule has 4 nitrogen and oxygen atoms in total. The Bertz CT molecular complexity index is 473. The third kappa shape index (κ3) is 2.75. The fourth-order valence-electron chi connectivity index (χ4n) is 2.34. The number of carbonyl (C=O) groups excluding carboxylic acids is 1. The minimum atomic E-state index is -0.0165. The molecule has 0 aliphatic carbocycles. The Labute approximate surface area is 112 Å². The van der Waals surface area contributed by atoms with Gasteiger partial charge in [0.2, 0.25) is 0 Å². The molecule has 1 aromatic rings. The lowest BCUT2D eigenvalue weighted by Crippen LogP contribution is -2.43. The van der Waals surface area contributed by atoms with Crippen LogP contribution >= 0.6 is 11.6 Å². The second-order valence-corrected chi connectivity index (χ2v) is 5.99. The molecule has 0 bridgehead atoms. The third-order valence-electron chi connectivity index (χ3n) is 3.30. The lowest BCUT2D eigenvalue weighted by Gasteiger charge is -2.38. The number of piperidine rings is 1. The number of pyridine rings is 1. The SMILES string of the molecule is CC1(C)CCCN(C(=O)c2cnc(N)c(Cl)c2)C1. The highest BCUT2D eigenvalue weighted by atomic mass is 35.5. The van der Waals surface area contributed by atoms with Crippen LogP contribution in [0.3, 0.4) is 0 Å². The van der Waals surface area contributed by atoms with Crippen molar-refractivity contribution >= 4 is 23.3 Å². The first-order valence-corrected chi connectivity index (χ1v) is 6.47. The van der Waals surface area contributed by atoms with Crippen molar-refractivity contribution in [3.63, 3.8) is 0 Å². The Balaban J connectivity index is 2.18. The molecule has 98 valence electrons. The van der Waals surface area contributed by atoms with Gasteiger partial charge in [-0.25, -0.2) is 4.98 Å². The largest absolute Gasteiger partial charge is 0.382 e. The van der Waals surface area contributed by atoms with Crippen LogP contribution in [0.15, 0.2) is 12.3 Å². The summed E-state index contributed by atoms with van der Waals surface area (Å²) < 4.78 is 0. The summed E-state index contributed by atoms with van der Waals surface area (Å²) in [6.45, 7) is 5.93. The van der Waals surface area contributed by atoms with Gasteiger partial charge < -0.3 is 10.6 Å². The van der Waals surface area contributed by atoms with E-state index < -0.39 is 0 Å². The first-order valence-electron chi connectivity index (χ1n) is 6.09. The number of carbonyl (C=O) groups is 1. The maximum Gasteiger partial charge on any atom is 0.255 e. The number of halogens is 1. The zero-order valence-electron chi connectivity index (χ0n) is 10.7. The third-order valence-corrected chi connectivity index (χ3v) is 3.61. The van der Waals surface area contributed by atoms with E-state index in [1.807, 2.05) is 4.90 Å². The smallest absolute Gasteiger partial charge is 0.255 e. The summed E-state index contributed by atoms with van der Waals surface area (Å²) in [5, 5.41) is 0.331. The molecular weight excluding hydrogens is 250 g/mol. The van der Waals surface area contributed by atoms with Crippen molar-refractivity contribution in [3.8, 4) is 0 Å². The summed E-state index contributed by atoms with van der Waals surface area (Å²) in [6.07, 6.45) is 3.68. The number of nitrogens with two attached hydrogens (primary N) is 1. The van der Waals surface area contributed by atoms with Crippen LogP contribution in [-0.2, 0) is 0 Å². The van der Waals surface area contributed by atoms with Gasteiger partial charge in [-0.3, -0.25) is 4.79 Å². The van der Waals surface area contributed by atoms with Crippen molar-refractivity contribution in [2.45, 2.75) is 26.7 Å². The molecule has 0 atom stereocenters. The Morgan fingerprint density at radius 3 is 2.89 bits per heavy atom. The molecule has 1 aliphatic heterocycles. The van der Waals surface area contributed by atoms with Gasteiger partial charge in [0.15, 0.2) is 0 Å². The molecule has 1 fully saturated rings. The van der Waals surface area contributed by atoms with Crippen LogP contribution in [0.25, 0.3) is 0 Å². The van der Waals surface area contributed by atoms with Crippen LogP contribution in [0, 0.1) is 5.41 Å². The van der Waals surface area contributed by atoms with Gasteiger partial charge in [0.05, 0.1) is 10.6 Å². The van der Waals surface area contributed by atoms with Crippen LogP contribution in [0.5, 0.6) is 0 Å². The molecule has 2 heterocycles. The first-order chi connectivity index (χ1) is 8.39. The number of rotatable bonds is 1. The molecule has 18 heavy (non-hydrogen) atoms. The van der Waals surface area contributed by atoms with Gasteiger partial charge in [-0.15, -0.1) is 0 Å². The van der Waals surface area contributed by atoms with Crippen molar-refractivity contribution in [1.82, 2.24) is 9.88 Å². The zero-order chi connectivity index (χ0) is 13.3. The van der Waals surface area contributed by atoms with E-state index in [0.29, 0.717) is 10.6 Å². The van der Waals surface area contributed by atoms with Gasteiger partial charge in [0.1, 0.15) is 5.82 Å². The molecule has 1 aromatic heterocycles. The minimum absolute atomic E-state index is 0.0165. The molecule has 1 aliphatic rings. The molecule has 2 N–H and O–H groups in total. The fourth-order valence-corrected chi connectivity index (χ4v) is 2.51. The molecule has 0 saturated carbocycles. The van der Waals surface area contributed by atoms with E-state index in [-0.39, 0.29) is 17.1 Å². The fraction of sp³-hybridized carbons (Fsp3) is 0.538. The maximum atomic E-state index is 12.3. The number of aromatic nitrogens is 1. The Morgan fingerprint density at radius 2 is 2.28 bits per heavy atom. The molecule has 2 rings (SSSR count). The molecule has 5 heteroatoms. The molecular formula is C13H18ClN3O. The van der Waals surface area contributed by atoms with Crippen molar-refractivity contribution in [2.24, 2.45) is 5.41 Å². The molecule has 0 spiro atoms. The molecule has 1 amide bonds. The number of likely N-dealkylation sites (tertiary alicyclic amines) is 1. The molecule has 0 unspecified atom stereocenters. The maximum absolute atomic E-state index is 12.3. The van der Waals surface area contributed by atoms with E-state index in [1.54, 1.807) is 6.07 Å². The highest BCUT2D eigenvalue weighted by Crippen LogP contribution is 2.29. The highest BCUT2D eigenvalue weighted by Gasteiger charge is 2.29. The van der Waals surface area contributed by atoms with Crippen LogP contribution in [0.1, 0.15) is 37.0 Å². The topological polar surface area (TPSA) is 59.2 Å². The molecule has 1 saturated heterocycles. The van der Waals surface area contributed by atoms with Gasteiger partial charge >= 0.3 is 0 Å². The number of hydrogen-bond acceptors (Lipinski definition) is 3. The Kier molecular flexibility index (Phi) is 3.48. The Hall–Kier alpha value is -1.29.